The van der Waals surface area contributed by atoms with E-state index in [1.165, 1.54) is 19.0 Å². The molecule has 0 amide bonds. The number of piperazine rings is 1. The number of alkyl halides is 3. The number of carbonyl (C=O) groups excluding carboxylic acids is 1. The molecule has 0 radical (unpaired) electrons. The lowest BCUT2D eigenvalue weighted by molar-refractivity contribution is -0.203. The molecule has 1 atom stereocenters. The maximum atomic E-state index is 13.5. The second-order valence-corrected chi connectivity index (χ2v) is 8.43. The van der Waals surface area contributed by atoms with Gasteiger partial charge in [0.1, 0.15) is 0 Å². The molecule has 0 spiro atoms. The number of nitrogens with one attached hydrogen (secondary N) is 1. The Morgan fingerprint density at radius 3 is 2.47 bits per heavy atom. The largest absolute Gasteiger partial charge is 0.493 e. The molecule has 4 heterocycles. The third kappa shape index (κ3) is 3.69. The van der Waals surface area contributed by atoms with E-state index >= 15 is 0 Å². The fourth-order valence-corrected chi connectivity index (χ4v) is 4.59. The molecule has 14 heteroatoms. The van der Waals surface area contributed by atoms with Crippen molar-refractivity contribution in [3.63, 3.8) is 0 Å². The van der Waals surface area contributed by atoms with Gasteiger partial charge in [-0.25, -0.2) is 9.59 Å². The zero-order valence-corrected chi connectivity index (χ0v) is 19.3. The molecule has 2 aromatic heterocycles. The summed E-state index contributed by atoms with van der Waals surface area (Å²) in [6.07, 6.45) is -4.94. The average Bonchev–Trinajstić information content (AvgIpc) is 3.20. The van der Waals surface area contributed by atoms with E-state index in [1.54, 1.807) is 29.3 Å². The predicted octanol–water partition coefficient (Wildman–Crippen LogP) is 0.800. The summed E-state index contributed by atoms with van der Waals surface area (Å²) in [6, 6.07) is 8.75. The molecule has 5 rings (SSSR count). The van der Waals surface area contributed by atoms with Crippen LogP contribution in [0.25, 0.3) is 10.9 Å². The first kappa shape index (κ1) is 23.8. The Hall–Kier alpha value is -3.91. The highest BCUT2D eigenvalue weighted by Gasteiger charge is 2.51. The van der Waals surface area contributed by atoms with Crippen LogP contribution in [0, 0.1) is 0 Å². The van der Waals surface area contributed by atoms with Crippen molar-refractivity contribution in [2.75, 3.05) is 36.1 Å². The van der Waals surface area contributed by atoms with Crippen molar-refractivity contribution in [3.05, 3.63) is 57.4 Å². The van der Waals surface area contributed by atoms with Crippen molar-refractivity contribution in [1.82, 2.24) is 24.3 Å². The van der Waals surface area contributed by atoms with Gasteiger partial charge in [-0.15, -0.1) is 5.06 Å². The van der Waals surface area contributed by atoms with Gasteiger partial charge in [0, 0.05) is 51.9 Å². The summed E-state index contributed by atoms with van der Waals surface area (Å²) >= 11 is 0. The quantitative estimate of drug-likeness (QED) is 0.554. The number of aromatic nitrogens is 3. The normalized spacial score (nSPS) is 18.5. The van der Waals surface area contributed by atoms with Gasteiger partial charge in [-0.1, -0.05) is 18.2 Å². The Labute approximate surface area is 201 Å². The molecule has 1 saturated heterocycles. The van der Waals surface area contributed by atoms with Gasteiger partial charge in [0.25, 0.3) is 5.56 Å². The molecule has 2 aliphatic heterocycles. The van der Waals surface area contributed by atoms with Crippen LogP contribution in [0.3, 0.4) is 0 Å². The molecule has 0 bridgehead atoms. The fraction of sp³-hybridized carbons (Fsp3) is 0.364. The molecular weight excluding hydrogens is 483 g/mol. The number of fused-ring (bicyclic) bond motifs is 2. The van der Waals surface area contributed by atoms with Crippen LogP contribution in [0.15, 0.2) is 46.1 Å². The number of rotatable bonds is 3. The molecular formula is C22H22F3N7O4. The molecule has 1 N–H and O–H groups in total. The number of hydroxylamine groups is 1. The summed E-state index contributed by atoms with van der Waals surface area (Å²) in [7, 11) is 2.57. The second-order valence-electron chi connectivity index (χ2n) is 8.43. The van der Waals surface area contributed by atoms with Crippen LogP contribution < -0.4 is 26.5 Å². The predicted molar refractivity (Wildman–Crippen MR) is 124 cm³/mol. The molecule has 1 unspecified atom stereocenters. The van der Waals surface area contributed by atoms with E-state index in [-0.39, 0.29) is 11.5 Å². The SMILES string of the molecule is Cn1c2c(c(=O)n(C)c1=O)N(c1cccc3cccnc13)C(N1CCNCC1)N2OC(=O)C(F)(F)F. The van der Waals surface area contributed by atoms with Crippen molar-refractivity contribution < 1.29 is 22.8 Å². The van der Waals surface area contributed by atoms with Crippen molar-refractivity contribution in [3.8, 4) is 0 Å². The Balaban J connectivity index is 1.82. The number of pyridine rings is 1. The zero-order chi connectivity index (χ0) is 25.8. The maximum Gasteiger partial charge on any atom is 0.493 e. The van der Waals surface area contributed by atoms with Gasteiger partial charge >= 0.3 is 17.8 Å². The van der Waals surface area contributed by atoms with E-state index in [4.69, 9.17) is 4.84 Å². The van der Waals surface area contributed by atoms with Crippen molar-refractivity contribution in [2.24, 2.45) is 14.1 Å². The lowest BCUT2D eigenvalue weighted by Gasteiger charge is -2.41. The number of anilines is 3. The highest BCUT2D eigenvalue weighted by Crippen LogP contribution is 2.44. The lowest BCUT2D eigenvalue weighted by atomic mass is 10.1. The number of para-hydroxylation sites is 1. The Kier molecular flexibility index (Phi) is 5.71. The second kappa shape index (κ2) is 8.64. The van der Waals surface area contributed by atoms with E-state index in [0.717, 1.165) is 14.5 Å². The number of halogens is 3. The van der Waals surface area contributed by atoms with E-state index < -0.39 is 29.7 Å². The van der Waals surface area contributed by atoms with Gasteiger partial charge in [0.05, 0.1) is 11.2 Å². The van der Waals surface area contributed by atoms with E-state index in [2.05, 4.69) is 10.3 Å². The number of hydrogen-bond acceptors (Lipinski definition) is 9. The van der Waals surface area contributed by atoms with E-state index in [1.807, 2.05) is 12.1 Å². The van der Waals surface area contributed by atoms with Crippen LogP contribution in [0.2, 0.25) is 0 Å². The standard InChI is InChI=1S/C22H22F3N7O4/c1-28-17-16(18(33)29(2)21(28)35)31(14-7-3-5-13-6-4-8-27-15(13)14)20(30-11-9-26-10-12-30)32(17)36-19(34)22(23,24)25/h3-8,20,26H,9-12H2,1-2H3. The van der Waals surface area contributed by atoms with Crippen molar-refractivity contribution in [1.29, 1.82) is 0 Å². The molecule has 1 fully saturated rings. The molecule has 2 aliphatic rings. The number of carbonyl (C=O) groups is 1. The van der Waals surface area contributed by atoms with Crippen LogP contribution in [-0.2, 0) is 23.7 Å². The van der Waals surface area contributed by atoms with E-state index in [9.17, 15) is 27.6 Å². The monoisotopic (exact) mass is 505 g/mol. The van der Waals surface area contributed by atoms with Crippen LogP contribution in [0.1, 0.15) is 0 Å². The average molecular weight is 505 g/mol. The molecule has 3 aromatic rings. The minimum atomic E-state index is -5.30. The Morgan fingerprint density at radius 2 is 1.78 bits per heavy atom. The van der Waals surface area contributed by atoms with Gasteiger partial charge in [-0.05, 0) is 12.1 Å². The number of benzene rings is 1. The smallest absolute Gasteiger partial charge is 0.327 e. The minimum absolute atomic E-state index is 0.115. The highest BCUT2D eigenvalue weighted by molar-refractivity contribution is 5.96. The van der Waals surface area contributed by atoms with Crippen LogP contribution >= 0.6 is 0 Å². The number of hydrogen-bond donors (Lipinski definition) is 1. The van der Waals surface area contributed by atoms with Crippen LogP contribution in [0.4, 0.5) is 30.4 Å². The molecule has 0 aliphatic carbocycles. The Bertz CT molecular complexity index is 1460. The summed E-state index contributed by atoms with van der Waals surface area (Å²) in [5, 5.41) is 4.60. The van der Waals surface area contributed by atoms with Crippen molar-refractivity contribution in [2.45, 2.75) is 12.5 Å². The van der Waals surface area contributed by atoms with Crippen LogP contribution in [-0.4, -0.2) is 63.6 Å². The molecule has 36 heavy (non-hydrogen) atoms. The van der Waals surface area contributed by atoms with Crippen molar-refractivity contribution >= 4 is 34.1 Å². The molecule has 1 aromatic carbocycles. The van der Waals surface area contributed by atoms with Gasteiger partial charge < -0.3 is 10.2 Å². The van der Waals surface area contributed by atoms with Gasteiger partial charge in [0.15, 0.2) is 11.5 Å². The topological polar surface area (TPSA) is 105 Å². The fourth-order valence-electron chi connectivity index (χ4n) is 4.59. The summed E-state index contributed by atoms with van der Waals surface area (Å²) in [6.45, 7) is 1.74. The van der Waals surface area contributed by atoms with Gasteiger partial charge in [-0.3, -0.25) is 28.7 Å². The molecule has 0 saturated carbocycles. The summed E-state index contributed by atoms with van der Waals surface area (Å²) in [5.74, 6) is -2.74. The first-order valence-electron chi connectivity index (χ1n) is 11.1. The van der Waals surface area contributed by atoms with Gasteiger partial charge in [-0.2, -0.15) is 13.2 Å². The third-order valence-electron chi connectivity index (χ3n) is 6.26. The summed E-state index contributed by atoms with van der Waals surface area (Å²) in [5.41, 5.74) is -0.781. The number of nitrogens with zero attached hydrogens (tertiary/aromatic N) is 6. The minimum Gasteiger partial charge on any atom is -0.327 e. The Morgan fingerprint density at radius 1 is 1.08 bits per heavy atom. The summed E-state index contributed by atoms with van der Waals surface area (Å²) < 4.78 is 41.8. The summed E-state index contributed by atoms with van der Waals surface area (Å²) in [4.78, 5) is 50.9. The zero-order valence-electron chi connectivity index (χ0n) is 19.3. The first-order chi connectivity index (χ1) is 17.1. The van der Waals surface area contributed by atoms with Gasteiger partial charge in [0.2, 0.25) is 6.29 Å². The maximum absolute atomic E-state index is 13.5. The first-order valence-corrected chi connectivity index (χ1v) is 11.1. The van der Waals surface area contributed by atoms with Crippen LogP contribution in [0.5, 0.6) is 0 Å². The highest BCUT2D eigenvalue weighted by atomic mass is 19.4. The lowest BCUT2D eigenvalue weighted by Crippen LogP contribution is -2.60. The molecule has 11 nitrogen and oxygen atoms in total. The molecule has 190 valence electrons. The van der Waals surface area contributed by atoms with E-state index in [0.29, 0.717) is 42.4 Å². The third-order valence-corrected chi connectivity index (χ3v) is 6.26.